The first kappa shape index (κ1) is 15.6. The first-order chi connectivity index (χ1) is 12.0. The van der Waals surface area contributed by atoms with E-state index in [0.29, 0.717) is 27.8 Å². The third kappa shape index (κ3) is 2.61. The number of aromatic nitrogens is 2. The summed E-state index contributed by atoms with van der Waals surface area (Å²) >= 11 is 0. The van der Waals surface area contributed by atoms with Gasteiger partial charge >= 0.3 is 0 Å². The van der Waals surface area contributed by atoms with E-state index in [1.54, 1.807) is 22.8 Å². The highest BCUT2D eigenvalue weighted by Gasteiger charge is 2.43. The second-order valence-electron chi connectivity index (χ2n) is 6.29. The molecule has 128 valence electrons. The lowest BCUT2D eigenvalue weighted by molar-refractivity contribution is -0.117. The van der Waals surface area contributed by atoms with Crippen molar-refractivity contribution in [3.63, 3.8) is 0 Å². The zero-order chi connectivity index (χ0) is 17.7. The van der Waals surface area contributed by atoms with Crippen LogP contribution in [-0.4, -0.2) is 21.6 Å². The number of anilines is 2. The van der Waals surface area contributed by atoms with Crippen LogP contribution in [0.2, 0.25) is 0 Å². The Bertz CT molecular complexity index is 998. The third-order valence-corrected chi connectivity index (χ3v) is 4.52. The lowest BCUT2D eigenvalue weighted by Crippen LogP contribution is -2.15. The maximum absolute atomic E-state index is 14.7. The summed E-state index contributed by atoms with van der Waals surface area (Å²) in [5, 5.41) is 3.70. The molecule has 1 aliphatic carbocycles. The zero-order valence-corrected chi connectivity index (χ0v) is 13.5. The van der Waals surface area contributed by atoms with E-state index in [4.69, 9.17) is 5.73 Å². The van der Waals surface area contributed by atoms with Crippen LogP contribution in [0.5, 0.6) is 0 Å². The van der Waals surface area contributed by atoms with E-state index in [9.17, 15) is 13.6 Å². The Hall–Kier alpha value is -2.96. The Balaban J connectivity index is 1.77. The van der Waals surface area contributed by atoms with Crippen LogP contribution in [-0.2, 0) is 11.8 Å². The number of nitrogens with one attached hydrogen (secondary N) is 1. The number of nitrogen functional groups attached to an aromatic ring is 1. The van der Waals surface area contributed by atoms with Gasteiger partial charge in [-0.2, -0.15) is 0 Å². The number of alkyl halides is 1. The van der Waals surface area contributed by atoms with E-state index in [2.05, 4.69) is 10.3 Å². The van der Waals surface area contributed by atoms with Crippen molar-refractivity contribution in [1.29, 1.82) is 0 Å². The van der Waals surface area contributed by atoms with E-state index >= 15 is 0 Å². The number of nitrogens with zero attached hydrogens (tertiary/aromatic N) is 2. The van der Waals surface area contributed by atoms with Crippen molar-refractivity contribution in [2.75, 3.05) is 11.1 Å². The van der Waals surface area contributed by atoms with Gasteiger partial charge < -0.3 is 15.6 Å². The third-order valence-electron chi connectivity index (χ3n) is 4.52. The number of carbonyl (C=O) groups is 1. The maximum Gasteiger partial charge on any atom is 0.231 e. The molecule has 0 radical (unpaired) electrons. The number of halogens is 2. The van der Waals surface area contributed by atoms with Crippen LogP contribution in [0.4, 0.5) is 20.3 Å². The largest absolute Gasteiger partial charge is 0.396 e. The van der Waals surface area contributed by atoms with Crippen molar-refractivity contribution in [3.8, 4) is 11.3 Å². The zero-order valence-electron chi connectivity index (χ0n) is 13.5. The summed E-state index contributed by atoms with van der Waals surface area (Å²) in [6.45, 7) is 0. The number of rotatable bonds is 3. The fourth-order valence-electron chi connectivity index (χ4n) is 2.95. The minimum Gasteiger partial charge on any atom is -0.396 e. The fourth-order valence-corrected chi connectivity index (χ4v) is 2.95. The summed E-state index contributed by atoms with van der Waals surface area (Å²) in [5.74, 6) is -1.21. The van der Waals surface area contributed by atoms with Crippen molar-refractivity contribution < 1.29 is 13.6 Å². The van der Waals surface area contributed by atoms with Crippen LogP contribution >= 0.6 is 0 Å². The second kappa shape index (κ2) is 5.54. The van der Waals surface area contributed by atoms with Crippen LogP contribution in [0.1, 0.15) is 6.42 Å². The Morgan fingerprint density at radius 3 is 2.84 bits per heavy atom. The van der Waals surface area contributed by atoms with Crippen molar-refractivity contribution in [2.45, 2.75) is 12.6 Å². The quantitative estimate of drug-likeness (QED) is 0.718. The minimum absolute atomic E-state index is 0.00471. The van der Waals surface area contributed by atoms with E-state index in [0.717, 1.165) is 0 Å². The molecule has 0 spiro atoms. The number of fused-ring (bicyclic) bond motifs is 1. The minimum atomic E-state index is -1.07. The first-order valence-electron chi connectivity index (χ1n) is 7.90. The number of pyridine rings is 1. The summed E-state index contributed by atoms with van der Waals surface area (Å²) in [5.41, 5.74) is 7.00. The molecule has 1 fully saturated rings. The Kier molecular flexibility index (Phi) is 3.45. The normalized spacial score (nSPS) is 19.2. The van der Waals surface area contributed by atoms with Gasteiger partial charge in [-0.15, -0.1) is 0 Å². The SMILES string of the molecule is Cn1cccc1-c1cc2cc(NC(=O)[C@@H]3C[C@@H]3F)ncc2c(N)c1F. The number of nitrogens with two attached hydrogens (primary N) is 1. The molecule has 0 unspecified atom stereocenters. The number of hydrogen-bond acceptors (Lipinski definition) is 3. The van der Waals surface area contributed by atoms with Crippen molar-refractivity contribution >= 4 is 28.2 Å². The molecule has 3 N–H and O–H groups in total. The highest BCUT2D eigenvalue weighted by molar-refractivity contribution is 6.00. The molecule has 1 amide bonds. The van der Waals surface area contributed by atoms with Crippen molar-refractivity contribution in [2.24, 2.45) is 13.0 Å². The number of benzene rings is 1. The molecule has 2 aromatic heterocycles. The number of carbonyl (C=O) groups excluding carboxylic acids is 1. The average molecular weight is 342 g/mol. The van der Waals surface area contributed by atoms with Gasteiger partial charge in [0.1, 0.15) is 12.0 Å². The van der Waals surface area contributed by atoms with E-state index in [1.807, 2.05) is 19.3 Å². The molecule has 1 saturated carbocycles. The monoisotopic (exact) mass is 342 g/mol. The number of amides is 1. The lowest BCUT2D eigenvalue weighted by atomic mass is 10.0. The maximum atomic E-state index is 14.7. The van der Waals surface area contributed by atoms with Gasteiger partial charge in [-0.25, -0.2) is 13.8 Å². The highest BCUT2D eigenvalue weighted by Crippen LogP contribution is 2.36. The standard InChI is InChI=1S/C18H16F2N4O/c1-24-4-2-3-14(24)11-5-9-6-15(23-18(25)10-7-13(10)19)22-8-12(9)17(21)16(11)20/h2-6,8,10,13H,7,21H2,1H3,(H,22,23,25)/t10-,13+/m1/s1. The van der Waals surface area contributed by atoms with Crippen LogP contribution in [0.15, 0.2) is 36.7 Å². The number of hydrogen-bond donors (Lipinski definition) is 2. The van der Waals surface area contributed by atoms with E-state index in [-0.39, 0.29) is 12.1 Å². The molecule has 2 atom stereocenters. The van der Waals surface area contributed by atoms with Gasteiger partial charge in [-0.3, -0.25) is 4.79 Å². The Morgan fingerprint density at radius 1 is 1.44 bits per heavy atom. The first-order valence-corrected chi connectivity index (χ1v) is 7.90. The molecular weight excluding hydrogens is 326 g/mol. The molecule has 2 heterocycles. The van der Waals surface area contributed by atoms with Gasteiger partial charge in [0.15, 0.2) is 5.82 Å². The molecule has 0 aliphatic heterocycles. The van der Waals surface area contributed by atoms with Crippen molar-refractivity contribution in [1.82, 2.24) is 9.55 Å². The molecule has 3 aromatic rings. The topological polar surface area (TPSA) is 72.9 Å². The van der Waals surface area contributed by atoms with Gasteiger partial charge in [-0.05, 0) is 36.1 Å². The Morgan fingerprint density at radius 2 is 2.20 bits per heavy atom. The lowest BCUT2D eigenvalue weighted by Gasteiger charge is -2.12. The molecule has 1 aliphatic rings. The Labute approximate surface area is 142 Å². The average Bonchev–Trinajstić information content (AvgIpc) is 3.17. The summed E-state index contributed by atoms with van der Waals surface area (Å²) in [4.78, 5) is 15.9. The van der Waals surface area contributed by atoms with E-state index < -0.39 is 23.8 Å². The molecule has 0 bridgehead atoms. The predicted molar refractivity (Wildman–Crippen MR) is 92.2 cm³/mol. The van der Waals surface area contributed by atoms with Crippen LogP contribution in [0.25, 0.3) is 22.0 Å². The number of aryl methyl sites for hydroxylation is 1. The molecule has 5 nitrogen and oxygen atoms in total. The van der Waals surface area contributed by atoms with Crippen LogP contribution in [0, 0.1) is 11.7 Å². The van der Waals surface area contributed by atoms with Gasteiger partial charge in [0.2, 0.25) is 5.91 Å². The van der Waals surface area contributed by atoms with E-state index in [1.165, 1.54) is 6.20 Å². The molecule has 0 saturated heterocycles. The molecule has 25 heavy (non-hydrogen) atoms. The van der Waals surface area contributed by atoms with Gasteiger partial charge in [0.05, 0.1) is 17.3 Å². The highest BCUT2D eigenvalue weighted by atomic mass is 19.1. The summed E-state index contributed by atoms with van der Waals surface area (Å²) < 4.78 is 29.4. The van der Waals surface area contributed by atoms with Gasteiger partial charge in [0, 0.05) is 30.4 Å². The van der Waals surface area contributed by atoms with Crippen molar-refractivity contribution in [3.05, 3.63) is 42.5 Å². The molecular formula is C18H16F2N4O. The summed E-state index contributed by atoms with van der Waals surface area (Å²) in [7, 11) is 1.82. The smallest absolute Gasteiger partial charge is 0.231 e. The summed E-state index contributed by atoms with van der Waals surface area (Å²) in [6, 6.07) is 6.90. The van der Waals surface area contributed by atoms with Crippen LogP contribution in [0.3, 0.4) is 0 Å². The molecule has 1 aromatic carbocycles. The second-order valence-corrected chi connectivity index (χ2v) is 6.29. The van der Waals surface area contributed by atoms with Gasteiger partial charge in [0.25, 0.3) is 0 Å². The molecule has 7 heteroatoms. The van der Waals surface area contributed by atoms with Gasteiger partial charge in [-0.1, -0.05) is 0 Å². The summed E-state index contributed by atoms with van der Waals surface area (Å²) in [6.07, 6.45) is 2.40. The molecule has 4 rings (SSSR count). The van der Waals surface area contributed by atoms with Crippen LogP contribution < -0.4 is 11.1 Å². The fraction of sp³-hybridized carbons (Fsp3) is 0.222. The predicted octanol–water partition coefficient (Wildman–Crippen LogP) is 3.26.